The fraction of sp³-hybridized carbons (Fsp3) is 0.536. The number of nitrogens with zero attached hydrogens (tertiary/aromatic N) is 2. The Morgan fingerprint density at radius 1 is 0.976 bits per heavy atom. The van der Waals surface area contributed by atoms with Gasteiger partial charge in [0, 0.05) is 43.8 Å². The smallest absolute Gasteiger partial charge is 0.335 e. The summed E-state index contributed by atoms with van der Waals surface area (Å²) in [6.07, 6.45) is -7.45. The first-order chi connectivity index (χ1) is 18.9. The molecule has 2 atom stereocenters. The van der Waals surface area contributed by atoms with E-state index in [-0.39, 0.29) is 42.4 Å². The molecule has 234 valence electrons. The SMILES string of the molecule is Cc1cc(F)ccc1[C@@H]1CN(CCS(C)(=O)=O)CC[C@H]1C(=O)N(Cc1cc(C(F)(F)F)cc(C(F)(F)F)c1)C1CC1.Cl. The zero-order valence-corrected chi connectivity index (χ0v) is 24.6. The predicted octanol–water partition coefficient (Wildman–Crippen LogP) is 6.23. The van der Waals surface area contributed by atoms with Crippen molar-refractivity contribution < 1.29 is 43.9 Å². The van der Waals surface area contributed by atoms with Crippen molar-refractivity contribution >= 4 is 28.2 Å². The Morgan fingerprint density at radius 3 is 2.07 bits per heavy atom. The number of halogens is 8. The van der Waals surface area contributed by atoms with E-state index in [1.165, 1.54) is 17.0 Å². The molecule has 0 radical (unpaired) electrons. The summed E-state index contributed by atoms with van der Waals surface area (Å²) in [7, 11) is -3.26. The molecule has 4 rings (SSSR count). The lowest BCUT2D eigenvalue weighted by atomic mass is 9.78. The van der Waals surface area contributed by atoms with Gasteiger partial charge in [0.2, 0.25) is 5.91 Å². The van der Waals surface area contributed by atoms with Crippen molar-refractivity contribution in [3.63, 3.8) is 0 Å². The van der Waals surface area contributed by atoms with Gasteiger partial charge in [-0.15, -0.1) is 12.4 Å². The molecule has 2 fully saturated rings. The maximum atomic E-state index is 14.0. The number of carbonyl (C=O) groups is 1. The number of hydrogen-bond acceptors (Lipinski definition) is 4. The molecule has 1 saturated heterocycles. The second-order valence-electron chi connectivity index (χ2n) is 11.0. The second-order valence-corrected chi connectivity index (χ2v) is 13.3. The van der Waals surface area contributed by atoms with Crippen molar-refractivity contribution in [2.45, 2.75) is 57.0 Å². The molecule has 42 heavy (non-hydrogen) atoms. The zero-order valence-electron chi connectivity index (χ0n) is 22.9. The highest BCUT2D eigenvalue weighted by Gasteiger charge is 2.43. The number of carbonyl (C=O) groups excluding carboxylic acids is 1. The maximum absolute atomic E-state index is 14.0. The van der Waals surface area contributed by atoms with Crippen molar-refractivity contribution in [1.82, 2.24) is 9.80 Å². The molecule has 1 heterocycles. The quantitative estimate of drug-likeness (QED) is 0.320. The molecular formula is C28H32ClF7N2O3S. The number of amides is 1. The van der Waals surface area contributed by atoms with Gasteiger partial charge in [0.15, 0.2) is 0 Å². The molecule has 0 bridgehead atoms. The molecule has 0 aromatic heterocycles. The van der Waals surface area contributed by atoms with Crippen LogP contribution in [0.25, 0.3) is 0 Å². The Hall–Kier alpha value is -2.38. The molecule has 1 saturated carbocycles. The van der Waals surface area contributed by atoms with Gasteiger partial charge in [-0.3, -0.25) is 4.79 Å². The summed E-state index contributed by atoms with van der Waals surface area (Å²) in [5.74, 6) is -2.11. The second kappa shape index (κ2) is 12.7. The predicted molar refractivity (Wildman–Crippen MR) is 145 cm³/mol. The fourth-order valence-corrected chi connectivity index (χ4v) is 6.07. The number of alkyl halides is 6. The first-order valence-corrected chi connectivity index (χ1v) is 15.2. The van der Waals surface area contributed by atoms with Gasteiger partial charge < -0.3 is 9.80 Å². The molecule has 2 aromatic rings. The lowest BCUT2D eigenvalue weighted by Crippen LogP contribution is -2.48. The molecule has 14 heteroatoms. The Bertz CT molecular complexity index is 1360. The van der Waals surface area contributed by atoms with E-state index in [2.05, 4.69) is 0 Å². The van der Waals surface area contributed by atoms with Gasteiger partial charge in [-0.1, -0.05) is 6.07 Å². The van der Waals surface area contributed by atoms with Crippen LogP contribution in [0.2, 0.25) is 0 Å². The molecule has 0 unspecified atom stereocenters. The normalized spacial score (nSPS) is 20.2. The van der Waals surface area contributed by atoms with Crippen molar-refractivity contribution in [1.29, 1.82) is 0 Å². The van der Waals surface area contributed by atoms with Crippen LogP contribution in [0.1, 0.15) is 53.0 Å². The third-order valence-corrected chi connectivity index (χ3v) is 8.62. The Morgan fingerprint density at radius 2 is 1.57 bits per heavy atom. The van der Waals surface area contributed by atoms with E-state index < -0.39 is 63.4 Å². The number of rotatable bonds is 8. The molecule has 1 aliphatic carbocycles. The van der Waals surface area contributed by atoms with Gasteiger partial charge in [0.05, 0.1) is 16.9 Å². The number of likely N-dealkylation sites (tertiary alicyclic amines) is 1. The van der Waals surface area contributed by atoms with Crippen molar-refractivity contribution in [2.24, 2.45) is 5.92 Å². The topological polar surface area (TPSA) is 57.7 Å². The summed E-state index contributed by atoms with van der Waals surface area (Å²) in [5, 5.41) is 0. The first-order valence-electron chi connectivity index (χ1n) is 13.2. The minimum atomic E-state index is -5.01. The van der Waals surface area contributed by atoms with Gasteiger partial charge in [-0.25, -0.2) is 12.8 Å². The van der Waals surface area contributed by atoms with E-state index >= 15 is 0 Å². The number of benzene rings is 2. The van der Waals surface area contributed by atoms with E-state index in [1.807, 2.05) is 4.90 Å². The highest BCUT2D eigenvalue weighted by molar-refractivity contribution is 7.90. The lowest BCUT2D eigenvalue weighted by Gasteiger charge is -2.41. The lowest BCUT2D eigenvalue weighted by molar-refractivity contribution is -0.143. The van der Waals surface area contributed by atoms with Crippen LogP contribution in [-0.2, 0) is 33.5 Å². The summed E-state index contributed by atoms with van der Waals surface area (Å²) in [6.45, 7) is 2.17. The van der Waals surface area contributed by atoms with Crippen LogP contribution in [0.3, 0.4) is 0 Å². The van der Waals surface area contributed by atoms with Crippen LogP contribution in [-0.4, -0.2) is 61.8 Å². The molecule has 0 spiro atoms. The molecule has 1 amide bonds. The average Bonchev–Trinajstić information content (AvgIpc) is 3.69. The monoisotopic (exact) mass is 644 g/mol. The van der Waals surface area contributed by atoms with Gasteiger partial charge in [-0.05, 0) is 79.8 Å². The van der Waals surface area contributed by atoms with Crippen LogP contribution in [0.5, 0.6) is 0 Å². The summed E-state index contributed by atoms with van der Waals surface area (Å²) < 4.78 is 118. The van der Waals surface area contributed by atoms with Crippen LogP contribution in [0, 0.1) is 18.7 Å². The summed E-state index contributed by atoms with van der Waals surface area (Å²) in [4.78, 5) is 17.3. The standard InChI is InChI=1S/C28H31F7N2O3S.ClH/c1-17-11-21(29)3-6-23(17)25-16-36(9-10-41(2,39)40)8-7-24(25)26(38)37(22-4-5-22)15-18-12-19(27(30,31)32)14-20(13-18)28(33,34)35;/h3,6,11-14,22,24-25H,4-5,7-10,15-16H2,1-2H3;1H/t24-,25+;/m1./s1. The molecule has 2 aliphatic rings. The molecule has 5 nitrogen and oxygen atoms in total. The van der Waals surface area contributed by atoms with E-state index in [9.17, 15) is 43.9 Å². The maximum Gasteiger partial charge on any atom is 0.416 e. The van der Waals surface area contributed by atoms with Crippen LogP contribution in [0.15, 0.2) is 36.4 Å². The highest BCUT2D eigenvalue weighted by atomic mass is 35.5. The Balaban J connectivity index is 0.00000484. The summed E-state index contributed by atoms with van der Waals surface area (Å²) >= 11 is 0. The summed E-state index contributed by atoms with van der Waals surface area (Å²) in [5.41, 5.74) is -1.88. The number of aryl methyl sites for hydroxylation is 1. The number of piperidine rings is 1. The van der Waals surface area contributed by atoms with Crippen molar-refractivity contribution in [3.05, 3.63) is 70.0 Å². The van der Waals surface area contributed by atoms with E-state index in [0.29, 0.717) is 55.6 Å². The van der Waals surface area contributed by atoms with E-state index in [1.54, 1.807) is 13.0 Å². The molecular weight excluding hydrogens is 613 g/mol. The van der Waals surface area contributed by atoms with Crippen LogP contribution >= 0.6 is 12.4 Å². The van der Waals surface area contributed by atoms with E-state index in [0.717, 1.165) is 6.26 Å². The minimum Gasteiger partial charge on any atom is -0.335 e. The Labute approximate surface area is 246 Å². The highest BCUT2D eigenvalue weighted by Crippen LogP contribution is 2.40. The fourth-order valence-electron chi connectivity index (χ4n) is 5.48. The third kappa shape index (κ3) is 8.59. The Kier molecular flexibility index (Phi) is 10.3. The van der Waals surface area contributed by atoms with Gasteiger partial charge in [0.25, 0.3) is 0 Å². The molecule has 1 aliphatic heterocycles. The van der Waals surface area contributed by atoms with Gasteiger partial charge in [0.1, 0.15) is 15.7 Å². The average molecular weight is 645 g/mol. The van der Waals surface area contributed by atoms with Gasteiger partial charge in [-0.2, -0.15) is 26.3 Å². The van der Waals surface area contributed by atoms with Crippen LogP contribution in [0.4, 0.5) is 30.7 Å². The minimum absolute atomic E-state index is 0. The number of sulfone groups is 1. The molecule has 0 N–H and O–H groups in total. The summed E-state index contributed by atoms with van der Waals surface area (Å²) in [6, 6.07) is 5.20. The van der Waals surface area contributed by atoms with Crippen molar-refractivity contribution in [3.8, 4) is 0 Å². The van der Waals surface area contributed by atoms with Gasteiger partial charge >= 0.3 is 12.4 Å². The first kappa shape index (κ1) is 34.1. The van der Waals surface area contributed by atoms with Crippen molar-refractivity contribution in [2.75, 3.05) is 31.6 Å². The van der Waals surface area contributed by atoms with E-state index in [4.69, 9.17) is 0 Å². The third-order valence-electron chi connectivity index (χ3n) is 7.69. The number of hydrogen-bond donors (Lipinski definition) is 0. The van der Waals surface area contributed by atoms with Crippen LogP contribution < -0.4 is 0 Å². The zero-order chi connectivity index (χ0) is 30.3. The largest absolute Gasteiger partial charge is 0.416 e. The molecule has 2 aromatic carbocycles.